The molecule has 1 aliphatic rings. The van der Waals surface area contributed by atoms with Crippen molar-refractivity contribution in [2.75, 3.05) is 7.05 Å². The minimum absolute atomic E-state index is 0.0858. The van der Waals surface area contributed by atoms with Gasteiger partial charge in [-0.15, -0.1) is 0 Å². The molecule has 1 aromatic carbocycles. The number of hydrogen-bond donors (Lipinski definition) is 1. The van der Waals surface area contributed by atoms with Crippen molar-refractivity contribution < 1.29 is 4.79 Å². The van der Waals surface area contributed by atoms with E-state index in [9.17, 15) is 4.79 Å². The van der Waals surface area contributed by atoms with Crippen LogP contribution in [0.25, 0.3) is 22.2 Å². The summed E-state index contributed by atoms with van der Waals surface area (Å²) in [4.78, 5) is 25.3. The van der Waals surface area contributed by atoms with Gasteiger partial charge < -0.3 is 9.88 Å². The molecule has 1 amide bonds. The Morgan fingerprint density at radius 1 is 1.25 bits per heavy atom. The number of benzene rings is 1. The van der Waals surface area contributed by atoms with Crippen molar-refractivity contribution in [2.45, 2.75) is 6.54 Å². The number of pyridine rings is 1. The van der Waals surface area contributed by atoms with Crippen molar-refractivity contribution in [3.05, 3.63) is 48.0 Å². The van der Waals surface area contributed by atoms with Crippen LogP contribution in [0.4, 0.5) is 0 Å². The number of hydrogen-bond acceptors (Lipinski definition) is 3. The van der Waals surface area contributed by atoms with E-state index in [0.717, 1.165) is 33.3 Å². The number of aromatic nitrogens is 3. The monoisotopic (exact) mass is 264 g/mol. The van der Waals surface area contributed by atoms with Crippen molar-refractivity contribution in [1.29, 1.82) is 0 Å². The quantitative estimate of drug-likeness (QED) is 0.733. The summed E-state index contributed by atoms with van der Waals surface area (Å²) in [5.41, 5.74) is 5.68. The first-order chi connectivity index (χ1) is 9.74. The molecule has 5 heteroatoms. The van der Waals surface area contributed by atoms with Gasteiger partial charge in [0.1, 0.15) is 0 Å². The Bertz CT molecular complexity index is 837. The summed E-state index contributed by atoms with van der Waals surface area (Å²) in [6.45, 7) is 0.659. The van der Waals surface area contributed by atoms with Gasteiger partial charge in [0.15, 0.2) is 0 Å². The molecular weight excluding hydrogens is 252 g/mol. The lowest BCUT2D eigenvalue weighted by atomic mass is 10.0. The predicted molar refractivity (Wildman–Crippen MR) is 75.1 cm³/mol. The topological polar surface area (TPSA) is 61.9 Å². The summed E-state index contributed by atoms with van der Waals surface area (Å²) in [6.07, 6.45) is 5.24. The number of amides is 1. The maximum atomic E-state index is 11.9. The van der Waals surface area contributed by atoms with Gasteiger partial charge in [0.05, 0.1) is 23.6 Å². The molecule has 0 bridgehead atoms. The van der Waals surface area contributed by atoms with Crippen molar-refractivity contribution in [3.8, 4) is 11.1 Å². The van der Waals surface area contributed by atoms with Crippen molar-refractivity contribution in [3.63, 3.8) is 0 Å². The second-order valence-corrected chi connectivity index (χ2v) is 5.02. The van der Waals surface area contributed by atoms with Gasteiger partial charge in [-0.05, 0) is 23.3 Å². The molecule has 4 rings (SSSR count). The third-order valence-corrected chi connectivity index (χ3v) is 3.73. The van der Waals surface area contributed by atoms with E-state index in [1.807, 2.05) is 25.4 Å². The van der Waals surface area contributed by atoms with Crippen LogP contribution in [0.15, 0.2) is 36.9 Å². The Hall–Kier alpha value is -2.69. The van der Waals surface area contributed by atoms with Gasteiger partial charge in [0, 0.05) is 30.9 Å². The van der Waals surface area contributed by atoms with Crippen LogP contribution in [0.3, 0.4) is 0 Å². The molecule has 1 N–H and O–H groups in total. The minimum atomic E-state index is 0.0858. The molecule has 1 aliphatic heterocycles. The second kappa shape index (κ2) is 3.90. The molecule has 0 radical (unpaired) electrons. The lowest BCUT2D eigenvalue weighted by Gasteiger charge is -2.05. The minimum Gasteiger partial charge on any atom is -0.343 e. The molecule has 98 valence electrons. The fourth-order valence-electron chi connectivity index (χ4n) is 2.71. The van der Waals surface area contributed by atoms with Gasteiger partial charge in [0.25, 0.3) is 5.91 Å². The highest BCUT2D eigenvalue weighted by Crippen LogP contribution is 2.30. The van der Waals surface area contributed by atoms with E-state index in [1.165, 1.54) is 0 Å². The lowest BCUT2D eigenvalue weighted by molar-refractivity contribution is 0.0816. The SMILES string of the molecule is CN1Cc2cc(-c3cncc4[nH]cnc34)ccc2C1=O. The van der Waals surface area contributed by atoms with Crippen molar-refractivity contribution >= 4 is 16.9 Å². The Balaban J connectivity index is 1.90. The van der Waals surface area contributed by atoms with E-state index in [-0.39, 0.29) is 5.91 Å². The van der Waals surface area contributed by atoms with E-state index < -0.39 is 0 Å². The third kappa shape index (κ3) is 1.46. The number of carbonyl (C=O) groups is 1. The molecule has 3 aromatic rings. The zero-order valence-corrected chi connectivity index (χ0v) is 10.9. The second-order valence-electron chi connectivity index (χ2n) is 5.02. The lowest BCUT2D eigenvalue weighted by Crippen LogP contribution is -2.17. The van der Waals surface area contributed by atoms with Crippen LogP contribution in [0, 0.1) is 0 Å². The highest BCUT2D eigenvalue weighted by molar-refractivity contribution is 5.99. The molecule has 20 heavy (non-hydrogen) atoms. The summed E-state index contributed by atoms with van der Waals surface area (Å²) < 4.78 is 0. The Labute approximate surface area is 115 Å². The fraction of sp³-hybridized carbons (Fsp3) is 0.133. The molecule has 0 unspecified atom stereocenters. The molecule has 0 spiro atoms. The number of aromatic amines is 1. The first-order valence-corrected chi connectivity index (χ1v) is 6.40. The van der Waals surface area contributed by atoms with Gasteiger partial charge in [-0.3, -0.25) is 9.78 Å². The highest BCUT2D eigenvalue weighted by atomic mass is 16.2. The molecule has 0 saturated carbocycles. The van der Waals surface area contributed by atoms with Crippen LogP contribution < -0.4 is 0 Å². The fourth-order valence-corrected chi connectivity index (χ4v) is 2.71. The van der Waals surface area contributed by atoms with Crippen LogP contribution in [0.1, 0.15) is 15.9 Å². The van der Waals surface area contributed by atoms with Gasteiger partial charge in [-0.1, -0.05) is 6.07 Å². The van der Waals surface area contributed by atoms with Crippen LogP contribution in [0.5, 0.6) is 0 Å². The Morgan fingerprint density at radius 2 is 2.15 bits per heavy atom. The number of imidazole rings is 1. The van der Waals surface area contributed by atoms with E-state index in [0.29, 0.717) is 6.54 Å². The molecule has 0 aliphatic carbocycles. The third-order valence-electron chi connectivity index (χ3n) is 3.73. The van der Waals surface area contributed by atoms with Gasteiger partial charge >= 0.3 is 0 Å². The average molecular weight is 264 g/mol. The standard InChI is InChI=1S/C15H12N4O/c1-19-7-10-4-9(2-3-11(10)15(19)20)12-5-16-6-13-14(12)18-8-17-13/h2-6,8H,7H2,1H3,(H,17,18). The Kier molecular flexibility index (Phi) is 2.18. The van der Waals surface area contributed by atoms with Crippen LogP contribution in [-0.2, 0) is 6.54 Å². The van der Waals surface area contributed by atoms with E-state index >= 15 is 0 Å². The smallest absolute Gasteiger partial charge is 0.254 e. The molecule has 0 saturated heterocycles. The summed E-state index contributed by atoms with van der Waals surface area (Å²) in [6, 6.07) is 5.91. The number of nitrogens with one attached hydrogen (secondary N) is 1. The van der Waals surface area contributed by atoms with E-state index in [2.05, 4.69) is 21.0 Å². The van der Waals surface area contributed by atoms with Crippen molar-refractivity contribution in [1.82, 2.24) is 19.9 Å². The zero-order valence-electron chi connectivity index (χ0n) is 10.9. The van der Waals surface area contributed by atoms with Crippen molar-refractivity contribution in [2.24, 2.45) is 0 Å². The van der Waals surface area contributed by atoms with Gasteiger partial charge in [0.2, 0.25) is 0 Å². The number of carbonyl (C=O) groups excluding carboxylic acids is 1. The first kappa shape index (κ1) is 11.2. The van der Waals surface area contributed by atoms with E-state index in [4.69, 9.17) is 0 Å². The van der Waals surface area contributed by atoms with Gasteiger partial charge in [-0.2, -0.15) is 0 Å². The molecule has 0 fully saturated rings. The summed E-state index contributed by atoms with van der Waals surface area (Å²) >= 11 is 0. The van der Waals surface area contributed by atoms with Crippen LogP contribution >= 0.6 is 0 Å². The van der Waals surface area contributed by atoms with E-state index in [1.54, 1.807) is 17.4 Å². The number of nitrogens with zero attached hydrogens (tertiary/aromatic N) is 3. The number of rotatable bonds is 1. The molecule has 3 heterocycles. The zero-order chi connectivity index (χ0) is 13.7. The summed E-state index contributed by atoms with van der Waals surface area (Å²) in [7, 11) is 1.82. The first-order valence-electron chi connectivity index (χ1n) is 6.40. The van der Waals surface area contributed by atoms with Crippen LogP contribution in [-0.4, -0.2) is 32.8 Å². The molecule has 0 atom stereocenters. The maximum absolute atomic E-state index is 11.9. The maximum Gasteiger partial charge on any atom is 0.254 e. The molecule has 5 nitrogen and oxygen atoms in total. The summed E-state index contributed by atoms with van der Waals surface area (Å²) in [5.74, 6) is 0.0858. The predicted octanol–water partition coefficient (Wildman–Crippen LogP) is 2.21. The number of H-pyrrole nitrogens is 1. The van der Waals surface area contributed by atoms with Gasteiger partial charge in [-0.25, -0.2) is 4.98 Å². The summed E-state index contributed by atoms with van der Waals surface area (Å²) in [5, 5.41) is 0. The average Bonchev–Trinajstić information content (AvgIpc) is 3.04. The van der Waals surface area contributed by atoms with Crippen LogP contribution in [0.2, 0.25) is 0 Å². The molecular formula is C15H12N4O. The molecule has 2 aromatic heterocycles. The highest BCUT2D eigenvalue weighted by Gasteiger charge is 2.24. The Morgan fingerprint density at radius 3 is 3.05 bits per heavy atom. The largest absolute Gasteiger partial charge is 0.343 e. The number of fused-ring (bicyclic) bond motifs is 2. The normalized spacial score (nSPS) is 14.1.